The number of esters is 1. The summed E-state index contributed by atoms with van der Waals surface area (Å²) in [6.07, 6.45) is 1.58. The van der Waals surface area contributed by atoms with Crippen LogP contribution < -0.4 is 5.32 Å². The van der Waals surface area contributed by atoms with Gasteiger partial charge in [0, 0.05) is 16.6 Å². The van der Waals surface area contributed by atoms with Crippen LogP contribution >= 0.6 is 0 Å². The lowest BCUT2D eigenvalue weighted by molar-refractivity contribution is -0.146. The lowest BCUT2D eigenvalue weighted by Gasteiger charge is -2.06. The number of hydrogen-bond donors (Lipinski definition) is 1. The van der Waals surface area contributed by atoms with E-state index in [4.69, 9.17) is 14.4 Å². The van der Waals surface area contributed by atoms with Crippen LogP contribution in [-0.2, 0) is 20.7 Å². The number of nitrogens with one attached hydrogen (secondary N) is 1. The molecule has 1 aromatic heterocycles. The first kappa shape index (κ1) is 18.2. The minimum absolute atomic E-state index is 0.0274. The van der Waals surface area contributed by atoms with Crippen LogP contribution in [0.1, 0.15) is 22.3 Å². The molecule has 0 fully saturated rings. The molecule has 0 unspecified atom stereocenters. The fourth-order valence-electron chi connectivity index (χ4n) is 2.70. The minimum atomic E-state index is -0.508. The maximum atomic E-state index is 12.1. The summed E-state index contributed by atoms with van der Waals surface area (Å²) in [5, 5.41) is 12.2. The summed E-state index contributed by atoms with van der Waals surface area (Å²) in [5.41, 5.74) is 4.67. The molecule has 2 aromatic carbocycles. The second kappa shape index (κ2) is 7.75. The second-order valence-corrected chi connectivity index (χ2v) is 6.22. The molecule has 0 aliphatic heterocycles. The Morgan fingerprint density at radius 2 is 1.89 bits per heavy atom. The molecule has 0 atom stereocenters. The lowest BCUT2D eigenvalue weighted by Crippen LogP contribution is -2.21. The number of furan rings is 1. The molecule has 1 heterocycles. The van der Waals surface area contributed by atoms with Crippen LogP contribution in [0, 0.1) is 25.2 Å². The number of nitrogens with zero attached hydrogens (tertiary/aromatic N) is 1. The molecule has 3 aromatic rings. The molecular weight excluding hydrogens is 344 g/mol. The highest BCUT2D eigenvalue weighted by Gasteiger charge is 2.15. The van der Waals surface area contributed by atoms with Gasteiger partial charge in [0.05, 0.1) is 24.3 Å². The van der Waals surface area contributed by atoms with E-state index < -0.39 is 11.9 Å². The lowest BCUT2D eigenvalue weighted by atomic mass is 10.0. The molecule has 27 heavy (non-hydrogen) atoms. The summed E-state index contributed by atoms with van der Waals surface area (Å²) in [6.45, 7) is 3.58. The van der Waals surface area contributed by atoms with E-state index in [1.54, 1.807) is 30.5 Å². The van der Waals surface area contributed by atoms with E-state index in [1.807, 2.05) is 32.0 Å². The van der Waals surface area contributed by atoms with E-state index in [1.165, 1.54) is 0 Å². The number of carbonyl (C=O) groups is 2. The summed E-state index contributed by atoms with van der Waals surface area (Å²) in [7, 11) is 0. The molecule has 6 heteroatoms. The molecule has 6 nitrogen and oxygen atoms in total. The van der Waals surface area contributed by atoms with Crippen LogP contribution in [0.3, 0.4) is 0 Å². The number of ether oxygens (including phenoxy) is 1. The van der Waals surface area contributed by atoms with Crippen molar-refractivity contribution in [2.45, 2.75) is 20.3 Å². The number of hydrogen-bond acceptors (Lipinski definition) is 5. The van der Waals surface area contributed by atoms with E-state index >= 15 is 0 Å². The molecule has 1 N–H and O–H groups in total. The normalized spacial score (nSPS) is 10.4. The largest absolute Gasteiger partial charge is 0.464 e. The fourth-order valence-corrected chi connectivity index (χ4v) is 2.70. The van der Waals surface area contributed by atoms with E-state index in [-0.39, 0.29) is 13.0 Å². The molecule has 0 saturated carbocycles. The van der Waals surface area contributed by atoms with Crippen molar-refractivity contribution in [1.82, 2.24) is 0 Å². The molecule has 0 bridgehead atoms. The van der Waals surface area contributed by atoms with Crippen LogP contribution in [0.4, 0.5) is 5.69 Å². The Balaban J connectivity index is 1.56. The number of aryl methyl sites for hydroxylation is 2. The van der Waals surface area contributed by atoms with Gasteiger partial charge in [-0.2, -0.15) is 5.26 Å². The van der Waals surface area contributed by atoms with Gasteiger partial charge in [0.2, 0.25) is 0 Å². The molecular formula is C21H18N2O4. The van der Waals surface area contributed by atoms with Gasteiger partial charge in [0.15, 0.2) is 6.61 Å². The van der Waals surface area contributed by atoms with Gasteiger partial charge >= 0.3 is 5.97 Å². The Bertz CT molecular complexity index is 1040. The van der Waals surface area contributed by atoms with Gasteiger partial charge in [-0.3, -0.25) is 9.59 Å². The highest BCUT2D eigenvalue weighted by atomic mass is 16.5. The van der Waals surface area contributed by atoms with E-state index in [0.717, 1.165) is 27.7 Å². The first-order chi connectivity index (χ1) is 13.0. The summed E-state index contributed by atoms with van der Waals surface area (Å²) in [5.74, 6) is -0.956. The maximum Gasteiger partial charge on any atom is 0.310 e. The zero-order chi connectivity index (χ0) is 19.4. The van der Waals surface area contributed by atoms with Crippen molar-refractivity contribution in [3.05, 3.63) is 64.9 Å². The summed E-state index contributed by atoms with van der Waals surface area (Å²) < 4.78 is 10.6. The molecule has 0 aliphatic rings. The average molecular weight is 362 g/mol. The Hall–Kier alpha value is -3.59. The third kappa shape index (κ3) is 4.15. The summed E-state index contributed by atoms with van der Waals surface area (Å²) in [4.78, 5) is 24.0. The third-order valence-corrected chi connectivity index (χ3v) is 4.34. The van der Waals surface area contributed by atoms with Crippen molar-refractivity contribution in [1.29, 1.82) is 5.26 Å². The first-order valence-electron chi connectivity index (χ1n) is 8.40. The van der Waals surface area contributed by atoms with E-state index in [0.29, 0.717) is 11.3 Å². The van der Waals surface area contributed by atoms with Gasteiger partial charge in [-0.05, 0) is 49.2 Å². The second-order valence-electron chi connectivity index (χ2n) is 6.22. The molecule has 136 valence electrons. The first-order valence-corrected chi connectivity index (χ1v) is 8.40. The number of nitriles is 1. The van der Waals surface area contributed by atoms with Gasteiger partial charge in [-0.1, -0.05) is 12.1 Å². The van der Waals surface area contributed by atoms with Gasteiger partial charge in [-0.25, -0.2) is 0 Å². The Morgan fingerprint density at radius 3 is 2.59 bits per heavy atom. The number of anilines is 1. The zero-order valence-corrected chi connectivity index (χ0v) is 15.0. The van der Waals surface area contributed by atoms with Crippen LogP contribution in [0.2, 0.25) is 0 Å². The number of amides is 1. The molecule has 0 radical (unpaired) electrons. The monoisotopic (exact) mass is 362 g/mol. The SMILES string of the molecule is Cc1ccc2c(CC(=O)OCC(=O)Nc3ccc(C#N)cc3)coc2c1C. The maximum absolute atomic E-state index is 12.1. The van der Waals surface area contributed by atoms with E-state index in [9.17, 15) is 9.59 Å². The van der Waals surface area contributed by atoms with Gasteiger partial charge in [-0.15, -0.1) is 0 Å². The predicted octanol–water partition coefficient (Wildman–Crippen LogP) is 3.65. The van der Waals surface area contributed by atoms with Crippen molar-refractivity contribution in [3.63, 3.8) is 0 Å². The molecule has 0 saturated heterocycles. The summed E-state index contributed by atoms with van der Waals surface area (Å²) in [6, 6.07) is 12.3. The summed E-state index contributed by atoms with van der Waals surface area (Å²) >= 11 is 0. The Labute approximate surface area is 156 Å². The van der Waals surface area contributed by atoms with Crippen LogP contribution in [0.25, 0.3) is 11.0 Å². The topological polar surface area (TPSA) is 92.3 Å². The van der Waals surface area contributed by atoms with Gasteiger partial charge in [0.25, 0.3) is 5.91 Å². The van der Waals surface area contributed by atoms with Gasteiger partial charge in [0.1, 0.15) is 5.58 Å². The Morgan fingerprint density at radius 1 is 1.15 bits per heavy atom. The van der Waals surface area contributed by atoms with Crippen molar-refractivity contribution in [2.75, 3.05) is 11.9 Å². The van der Waals surface area contributed by atoms with Crippen LogP contribution in [-0.4, -0.2) is 18.5 Å². The smallest absolute Gasteiger partial charge is 0.310 e. The average Bonchev–Trinajstić information content (AvgIpc) is 3.07. The van der Waals surface area contributed by atoms with Crippen LogP contribution in [0.15, 0.2) is 47.1 Å². The fraction of sp³-hybridized carbons (Fsp3) is 0.190. The predicted molar refractivity (Wildman–Crippen MR) is 100 cm³/mol. The van der Waals surface area contributed by atoms with Crippen molar-refractivity contribution in [3.8, 4) is 6.07 Å². The Kier molecular flexibility index (Phi) is 5.23. The quantitative estimate of drug-likeness (QED) is 0.700. The zero-order valence-electron chi connectivity index (χ0n) is 15.0. The number of fused-ring (bicyclic) bond motifs is 1. The molecule has 3 rings (SSSR count). The highest BCUT2D eigenvalue weighted by Crippen LogP contribution is 2.26. The number of carbonyl (C=O) groups excluding carboxylic acids is 2. The van der Waals surface area contributed by atoms with Crippen molar-refractivity contribution >= 4 is 28.5 Å². The third-order valence-electron chi connectivity index (χ3n) is 4.34. The van der Waals surface area contributed by atoms with Crippen LogP contribution in [0.5, 0.6) is 0 Å². The molecule has 1 amide bonds. The molecule has 0 spiro atoms. The number of benzene rings is 2. The standard InChI is InChI=1S/C21H18N2O4/c1-13-3-8-18-16(11-27-21(18)14(13)2)9-20(25)26-12-19(24)23-17-6-4-15(10-22)5-7-17/h3-8,11H,9,12H2,1-2H3,(H,23,24). The van der Waals surface area contributed by atoms with E-state index in [2.05, 4.69) is 5.32 Å². The van der Waals surface area contributed by atoms with Crippen molar-refractivity contribution < 1.29 is 18.7 Å². The minimum Gasteiger partial charge on any atom is -0.464 e. The van der Waals surface area contributed by atoms with Crippen molar-refractivity contribution in [2.24, 2.45) is 0 Å². The number of rotatable bonds is 5. The highest BCUT2D eigenvalue weighted by molar-refractivity contribution is 5.93. The molecule has 0 aliphatic carbocycles. The van der Waals surface area contributed by atoms with Gasteiger partial charge < -0.3 is 14.5 Å².